The Kier molecular flexibility index (Phi) is 8.23. The lowest BCUT2D eigenvalue weighted by Crippen LogP contribution is -2.15. The summed E-state index contributed by atoms with van der Waals surface area (Å²) in [6.45, 7) is 2.24. The number of esters is 1. The molecule has 144 valence electrons. The van der Waals surface area contributed by atoms with Gasteiger partial charge >= 0.3 is 5.97 Å². The van der Waals surface area contributed by atoms with E-state index < -0.39 is 5.97 Å². The number of benzene rings is 2. The molecule has 27 heavy (non-hydrogen) atoms. The number of nitrogens with zero attached hydrogens (tertiary/aromatic N) is 1. The van der Waals surface area contributed by atoms with Crippen LogP contribution in [0.2, 0.25) is 10.0 Å². The molecule has 0 amide bonds. The molecular formula is C19H20Cl2N2O4. The van der Waals surface area contributed by atoms with E-state index in [1.807, 2.05) is 24.3 Å². The number of carbonyl (C=O) groups excluding carboxylic acids is 1. The number of hydrogen-bond donors (Lipinski definition) is 1. The Balaban J connectivity index is 2.02. The number of rotatable bonds is 9. The number of hydrazone groups is 1. The van der Waals surface area contributed by atoms with Gasteiger partial charge in [0.25, 0.3) is 0 Å². The Morgan fingerprint density at radius 1 is 1.22 bits per heavy atom. The summed E-state index contributed by atoms with van der Waals surface area (Å²) in [6, 6.07) is 10.9. The minimum atomic E-state index is -0.481. The summed E-state index contributed by atoms with van der Waals surface area (Å²) in [5.74, 6) is 0.179. The number of methoxy groups -OCH3 is 1. The van der Waals surface area contributed by atoms with Crippen LogP contribution in [0.25, 0.3) is 0 Å². The lowest BCUT2D eigenvalue weighted by Gasteiger charge is -2.12. The minimum Gasteiger partial charge on any atom is -0.493 e. The van der Waals surface area contributed by atoms with Crippen molar-refractivity contribution in [1.29, 1.82) is 0 Å². The number of halogens is 2. The quantitative estimate of drug-likeness (QED) is 0.383. The maximum Gasteiger partial charge on any atom is 0.344 e. The second kappa shape index (κ2) is 10.6. The molecule has 0 spiro atoms. The zero-order valence-corrected chi connectivity index (χ0v) is 16.5. The molecule has 6 nitrogen and oxygen atoms in total. The molecule has 0 unspecified atom stereocenters. The van der Waals surface area contributed by atoms with Crippen LogP contribution in [-0.4, -0.2) is 32.5 Å². The number of hydrogen-bond acceptors (Lipinski definition) is 6. The summed E-state index contributed by atoms with van der Waals surface area (Å²) in [7, 11) is 1.49. The maximum absolute atomic E-state index is 11.4. The zero-order valence-electron chi connectivity index (χ0n) is 15.0. The normalized spacial score (nSPS) is 10.7. The van der Waals surface area contributed by atoms with Gasteiger partial charge in [-0.15, -0.1) is 0 Å². The highest BCUT2D eigenvalue weighted by molar-refractivity contribution is 6.32. The van der Waals surface area contributed by atoms with E-state index in [-0.39, 0.29) is 19.0 Å². The van der Waals surface area contributed by atoms with Crippen LogP contribution in [0, 0.1) is 0 Å². The first-order valence-electron chi connectivity index (χ1n) is 8.20. The van der Waals surface area contributed by atoms with Crippen molar-refractivity contribution in [3.8, 4) is 11.5 Å². The molecule has 0 fully saturated rings. The molecule has 2 aromatic carbocycles. The van der Waals surface area contributed by atoms with Crippen molar-refractivity contribution in [1.82, 2.24) is 5.43 Å². The Morgan fingerprint density at radius 2 is 2.00 bits per heavy atom. The topological polar surface area (TPSA) is 69.2 Å². The fourth-order valence-corrected chi connectivity index (χ4v) is 2.66. The monoisotopic (exact) mass is 410 g/mol. The van der Waals surface area contributed by atoms with E-state index in [2.05, 4.69) is 10.5 Å². The fourth-order valence-electron chi connectivity index (χ4n) is 2.18. The molecule has 0 heterocycles. The molecule has 0 aliphatic carbocycles. The Bertz CT molecular complexity index is 812. The van der Waals surface area contributed by atoms with E-state index in [1.54, 1.807) is 25.3 Å². The van der Waals surface area contributed by atoms with Crippen molar-refractivity contribution in [2.24, 2.45) is 5.10 Å². The third-order valence-electron chi connectivity index (χ3n) is 3.42. The zero-order chi connectivity index (χ0) is 19.6. The summed E-state index contributed by atoms with van der Waals surface area (Å²) in [4.78, 5) is 11.4. The van der Waals surface area contributed by atoms with E-state index in [9.17, 15) is 4.79 Å². The first-order valence-corrected chi connectivity index (χ1v) is 8.96. The highest BCUT2D eigenvalue weighted by Crippen LogP contribution is 2.36. The molecule has 0 radical (unpaired) electrons. The molecule has 0 saturated heterocycles. The van der Waals surface area contributed by atoms with Crippen molar-refractivity contribution in [3.63, 3.8) is 0 Å². The van der Waals surface area contributed by atoms with Gasteiger partial charge < -0.3 is 19.6 Å². The highest BCUT2D eigenvalue weighted by Gasteiger charge is 2.13. The van der Waals surface area contributed by atoms with Crippen molar-refractivity contribution >= 4 is 35.4 Å². The van der Waals surface area contributed by atoms with Gasteiger partial charge in [-0.1, -0.05) is 41.4 Å². The van der Waals surface area contributed by atoms with Gasteiger partial charge in [0.15, 0.2) is 18.1 Å². The molecule has 0 bridgehead atoms. The fraction of sp³-hybridized carbons (Fsp3) is 0.263. The second-order valence-electron chi connectivity index (χ2n) is 5.31. The third-order valence-corrected chi connectivity index (χ3v) is 4.07. The van der Waals surface area contributed by atoms with Crippen molar-refractivity contribution in [2.45, 2.75) is 13.5 Å². The first-order chi connectivity index (χ1) is 13.0. The van der Waals surface area contributed by atoms with Crippen molar-refractivity contribution in [2.75, 3.05) is 20.3 Å². The lowest BCUT2D eigenvalue weighted by molar-refractivity contribution is -0.145. The SMILES string of the molecule is CCOC(=O)COc1c(Cl)cc(/C=N\NCc2ccccc2Cl)cc1OC. The smallest absolute Gasteiger partial charge is 0.344 e. The van der Waals surface area contributed by atoms with Crippen LogP contribution < -0.4 is 14.9 Å². The van der Waals surface area contributed by atoms with Crippen LogP contribution >= 0.6 is 23.2 Å². The third kappa shape index (κ3) is 6.34. The van der Waals surface area contributed by atoms with Crippen LogP contribution in [0.3, 0.4) is 0 Å². The van der Waals surface area contributed by atoms with Crippen LogP contribution in [0.15, 0.2) is 41.5 Å². The summed E-state index contributed by atoms with van der Waals surface area (Å²) in [5.41, 5.74) is 4.57. The van der Waals surface area contributed by atoms with Gasteiger partial charge in [0, 0.05) is 5.02 Å². The summed E-state index contributed by atoms with van der Waals surface area (Å²) >= 11 is 12.3. The van der Waals surface area contributed by atoms with Gasteiger partial charge in [-0.05, 0) is 36.2 Å². The summed E-state index contributed by atoms with van der Waals surface area (Å²) in [6.07, 6.45) is 1.60. The Hall–Kier alpha value is -2.44. The standard InChI is InChI=1S/C19H20Cl2N2O4/c1-3-26-18(24)12-27-19-16(21)8-13(9-17(19)25-2)10-22-23-11-14-6-4-5-7-15(14)20/h4-10,23H,3,11-12H2,1-2H3/b22-10-. The minimum absolute atomic E-state index is 0.253. The largest absolute Gasteiger partial charge is 0.493 e. The lowest BCUT2D eigenvalue weighted by atomic mass is 10.2. The summed E-state index contributed by atoms with van der Waals surface area (Å²) in [5, 5.41) is 5.13. The van der Waals surface area contributed by atoms with Crippen LogP contribution in [-0.2, 0) is 16.1 Å². The van der Waals surface area contributed by atoms with Crippen LogP contribution in [0.5, 0.6) is 11.5 Å². The number of nitrogens with one attached hydrogen (secondary N) is 1. The Labute approximate surface area is 168 Å². The highest BCUT2D eigenvalue weighted by atomic mass is 35.5. The van der Waals surface area contributed by atoms with E-state index in [4.69, 9.17) is 37.4 Å². The molecule has 1 N–H and O–H groups in total. The maximum atomic E-state index is 11.4. The average molecular weight is 411 g/mol. The van der Waals surface area contributed by atoms with Gasteiger partial charge in [-0.3, -0.25) is 0 Å². The van der Waals surface area contributed by atoms with E-state index in [0.29, 0.717) is 27.9 Å². The van der Waals surface area contributed by atoms with E-state index in [1.165, 1.54) is 7.11 Å². The molecule has 2 rings (SSSR count). The molecule has 0 saturated carbocycles. The van der Waals surface area contributed by atoms with Gasteiger partial charge in [-0.25, -0.2) is 4.79 Å². The van der Waals surface area contributed by atoms with Crippen LogP contribution in [0.4, 0.5) is 0 Å². The molecule has 0 atom stereocenters. The predicted molar refractivity (Wildman–Crippen MR) is 106 cm³/mol. The van der Waals surface area contributed by atoms with Gasteiger partial charge in [-0.2, -0.15) is 5.10 Å². The van der Waals surface area contributed by atoms with Gasteiger partial charge in [0.2, 0.25) is 0 Å². The molecule has 8 heteroatoms. The van der Waals surface area contributed by atoms with E-state index in [0.717, 1.165) is 5.56 Å². The van der Waals surface area contributed by atoms with E-state index >= 15 is 0 Å². The number of ether oxygens (including phenoxy) is 3. The van der Waals surface area contributed by atoms with Crippen LogP contribution in [0.1, 0.15) is 18.1 Å². The first kappa shape index (κ1) is 20.9. The predicted octanol–water partition coefficient (Wildman–Crippen LogP) is 4.07. The molecule has 0 aliphatic rings. The van der Waals surface area contributed by atoms with Gasteiger partial charge in [0.1, 0.15) is 0 Å². The van der Waals surface area contributed by atoms with Gasteiger partial charge in [0.05, 0.1) is 31.5 Å². The Morgan fingerprint density at radius 3 is 2.70 bits per heavy atom. The van der Waals surface area contributed by atoms with Crippen molar-refractivity contribution in [3.05, 3.63) is 57.6 Å². The molecule has 0 aliphatic heterocycles. The van der Waals surface area contributed by atoms with Crippen molar-refractivity contribution < 1.29 is 19.0 Å². The summed E-state index contributed by atoms with van der Waals surface area (Å²) < 4.78 is 15.5. The average Bonchev–Trinajstić information content (AvgIpc) is 2.65. The molecular weight excluding hydrogens is 391 g/mol. The molecule has 0 aromatic heterocycles. The molecule has 2 aromatic rings. The number of carbonyl (C=O) groups is 1. The second-order valence-corrected chi connectivity index (χ2v) is 6.13.